The Morgan fingerprint density at radius 2 is 1.75 bits per heavy atom. The molecular weight excluding hydrogens is 526 g/mol. The third kappa shape index (κ3) is 7.84. The first kappa shape index (κ1) is 29.6. The van der Waals surface area contributed by atoms with E-state index in [1.807, 2.05) is 32.2 Å². The number of fused-ring (bicyclic) bond motifs is 1. The number of ether oxygens (including phenoxy) is 1. The zero-order valence-electron chi connectivity index (χ0n) is 23.6. The van der Waals surface area contributed by atoms with Crippen LogP contribution in [0.4, 0.5) is 5.69 Å². The van der Waals surface area contributed by atoms with Crippen molar-refractivity contribution in [2.45, 2.75) is 39.0 Å². The molecule has 1 heterocycles. The summed E-state index contributed by atoms with van der Waals surface area (Å²) in [6.45, 7) is 5.51. The van der Waals surface area contributed by atoms with Crippen molar-refractivity contribution >= 4 is 21.6 Å². The normalized spacial score (nSPS) is 18.8. The van der Waals surface area contributed by atoms with Gasteiger partial charge in [-0.25, -0.2) is 8.42 Å². The summed E-state index contributed by atoms with van der Waals surface area (Å²) in [4.78, 5) is 17.2. The lowest BCUT2D eigenvalue weighted by Crippen LogP contribution is -2.47. The van der Waals surface area contributed by atoms with E-state index in [4.69, 9.17) is 4.74 Å². The van der Waals surface area contributed by atoms with Crippen LogP contribution in [0.5, 0.6) is 5.75 Å². The average molecular weight is 566 g/mol. The van der Waals surface area contributed by atoms with Crippen LogP contribution in [0.15, 0.2) is 72.8 Å². The van der Waals surface area contributed by atoms with Crippen molar-refractivity contribution in [3.05, 3.63) is 83.9 Å². The number of amides is 1. The van der Waals surface area contributed by atoms with Gasteiger partial charge in [0.25, 0.3) is 0 Å². The molecule has 1 amide bonds. The number of aliphatic hydroxyl groups is 1. The van der Waals surface area contributed by atoms with Gasteiger partial charge in [-0.1, -0.05) is 61.5 Å². The Bertz CT molecular complexity index is 1400. The molecule has 1 aliphatic heterocycles. The molecule has 9 heteroatoms. The number of rotatable bonds is 9. The molecule has 0 bridgehead atoms. The molecule has 0 radical (unpaired) electrons. The first-order chi connectivity index (χ1) is 19.0. The van der Waals surface area contributed by atoms with Gasteiger partial charge in [-0.05, 0) is 48.9 Å². The minimum atomic E-state index is -3.48. The van der Waals surface area contributed by atoms with Crippen LogP contribution >= 0.6 is 0 Å². The highest BCUT2D eigenvalue weighted by atomic mass is 32.2. The number of sulfonamides is 1. The molecule has 0 spiro atoms. The third-order valence-corrected chi connectivity index (χ3v) is 7.83. The van der Waals surface area contributed by atoms with Crippen LogP contribution in [0.25, 0.3) is 11.1 Å². The van der Waals surface area contributed by atoms with E-state index in [2.05, 4.69) is 52.9 Å². The average Bonchev–Trinajstić information content (AvgIpc) is 2.96. The molecule has 0 saturated carbocycles. The van der Waals surface area contributed by atoms with Crippen molar-refractivity contribution in [2.24, 2.45) is 5.92 Å². The third-order valence-electron chi connectivity index (χ3n) is 7.22. The fourth-order valence-corrected chi connectivity index (χ4v) is 5.60. The smallest absolute Gasteiger partial charge is 0.229 e. The first-order valence-electron chi connectivity index (χ1n) is 13.5. The minimum absolute atomic E-state index is 0.0272. The minimum Gasteiger partial charge on any atom is -0.488 e. The van der Waals surface area contributed by atoms with E-state index < -0.39 is 10.0 Å². The molecule has 214 valence electrons. The van der Waals surface area contributed by atoms with E-state index in [9.17, 15) is 18.3 Å². The molecule has 2 N–H and O–H groups in total. The number of likely N-dealkylation sites (N-methyl/N-ethyl adjacent to an activating group) is 1. The van der Waals surface area contributed by atoms with Crippen molar-refractivity contribution < 1.29 is 23.1 Å². The summed E-state index contributed by atoms with van der Waals surface area (Å²) in [5.41, 5.74) is 4.51. The van der Waals surface area contributed by atoms with Crippen LogP contribution < -0.4 is 9.46 Å². The second-order valence-electron chi connectivity index (χ2n) is 10.8. The highest BCUT2D eigenvalue weighted by molar-refractivity contribution is 7.92. The van der Waals surface area contributed by atoms with Gasteiger partial charge in [0.2, 0.25) is 15.9 Å². The molecule has 0 unspecified atom stereocenters. The van der Waals surface area contributed by atoms with Crippen LogP contribution in [-0.4, -0.2) is 74.4 Å². The molecule has 0 aromatic heterocycles. The fraction of sp³-hybridized carbons (Fsp3) is 0.387. The molecule has 40 heavy (non-hydrogen) atoms. The number of nitrogens with one attached hydrogen (secondary N) is 1. The second-order valence-corrected chi connectivity index (χ2v) is 12.6. The standard InChI is InChI=1S/C31H39N3O5S/c1-22-18-34(23(2)21-35)31(36)17-27-16-28(32-40(4,37)38)14-15-29(27)39-30(22)20-33(3)19-24-10-12-26(13-11-24)25-8-6-5-7-9-25/h5-16,22-23,30,32,35H,17-21H2,1-4H3/t22-,23+,30-/m0/s1. The second kappa shape index (κ2) is 12.8. The molecule has 3 aromatic rings. The van der Waals surface area contributed by atoms with Gasteiger partial charge in [0.15, 0.2) is 0 Å². The number of hydrogen-bond acceptors (Lipinski definition) is 6. The van der Waals surface area contributed by atoms with Crippen molar-refractivity contribution in [3.63, 3.8) is 0 Å². The lowest BCUT2D eigenvalue weighted by Gasteiger charge is -2.34. The molecule has 3 aromatic carbocycles. The summed E-state index contributed by atoms with van der Waals surface area (Å²) in [5.74, 6) is 0.395. The van der Waals surface area contributed by atoms with Gasteiger partial charge in [-0.3, -0.25) is 14.4 Å². The maximum atomic E-state index is 13.3. The molecule has 4 rings (SSSR count). The predicted molar refractivity (Wildman–Crippen MR) is 159 cm³/mol. The van der Waals surface area contributed by atoms with Gasteiger partial charge in [-0.2, -0.15) is 0 Å². The van der Waals surface area contributed by atoms with E-state index in [1.165, 1.54) is 16.7 Å². The van der Waals surface area contributed by atoms with Crippen molar-refractivity contribution in [3.8, 4) is 16.9 Å². The Labute approximate surface area is 237 Å². The zero-order valence-corrected chi connectivity index (χ0v) is 24.4. The molecule has 0 aliphatic carbocycles. The number of carbonyl (C=O) groups is 1. The summed E-state index contributed by atoms with van der Waals surface area (Å²) in [6, 6.07) is 23.5. The molecule has 8 nitrogen and oxygen atoms in total. The summed E-state index contributed by atoms with van der Waals surface area (Å²) < 4.78 is 32.6. The molecular formula is C31H39N3O5S. The Hall–Kier alpha value is -3.40. The summed E-state index contributed by atoms with van der Waals surface area (Å²) >= 11 is 0. The molecule has 0 saturated heterocycles. The largest absolute Gasteiger partial charge is 0.488 e. The molecule has 3 atom stereocenters. The first-order valence-corrected chi connectivity index (χ1v) is 15.4. The summed E-state index contributed by atoms with van der Waals surface area (Å²) in [6.07, 6.45) is 0.881. The quantitative estimate of drug-likeness (QED) is 0.407. The van der Waals surface area contributed by atoms with Gasteiger partial charge in [0.05, 0.1) is 25.3 Å². The van der Waals surface area contributed by atoms with Gasteiger partial charge in [-0.15, -0.1) is 0 Å². The molecule has 0 fully saturated rings. The van der Waals surface area contributed by atoms with E-state index in [0.29, 0.717) is 30.1 Å². The fourth-order valence-electron chi connectivity index (χ4n) is 5.04. The maximum Gasteiger partial charge on any atom is 0.229 e. The van der Waals surface area contributed by atoms with Crippen molar-refractivity contribution in [1.29, 1.82) is 0 Å². The van der Waals surface area contributed by atoms with Crippen molar-refractivity contribution in [1.82, 2.24) is 9.80 Å². The predicted octanol–water partition coefficient (Wildman–Crippen LogP) is 4.01. The highest BCUT2D eigenvalue weighted by Crippen LogP contribution is 2.30. The van der Waals surface area contributed by atoms with Crippen LogP contribution in [0, 0.1) is 5.92 Å². The SMILES string of the molecule is C[C@H](CO)N1C[C@H](C)[C@H](CN(C)Cc2ccc(-c3ccccc3)cc2)Oc2ccc(NS(C)(=O)=O)cc2CC1=O. The Kier molecular flexibility index (Phi) is 9.50. The van der Waals surface area contributed by atoms with Crippen molar-refractivity contribution in [2.75, 3.05) is 37.7 Å². The number of carbonyl (C=O) groups excluding carboxylic acids is 1. The van der Waals surface area contributed by atoms with Gasteiger partial charge < -0.3 is 14.7 Å². The number of nitrogens with zero attached hydrogens (tertiary/aromatic N) is 2. The number of hydrogen-bond donors (Lipinski definition) is 2. The number of aliphatic hydroxyl groups excluding tert-OH is 1. The van der Waals surface area contributed by atoms with Gasteiger partial charge in [0.1, 0.15) is 11.9 Å². The number of anilines is 1. The Morgan fingerprint density at radius 3 is 2.40 bits per heavy atom. The van der Waals surface area contributed by atoms with Crippen LogP contribution in [0.1, 0.15) is 25.0 Å². The van der Waals surface area contributed by atoms with E-state index >= 15 is 0 Å². The zero-order chi connectivity index (χ0) is 28.9. The van der Waals surface area contributed by atoms with Gasteiger partial charge in [0, 0.05) is 36.8 Å². The lowest BCUT2D eigenvalue weighted by atomic mass is 10.0. The highest BCUT2D eigenvalue weighted by Gasteiger charge is 2.31. The topological polar surface area (TPSA) is 99.2 Å². The monoisotopic (exact) mass is 565 g/mol. The lowest BCUT2D eigenvalue weighted by molar-refractivity contribution is -0.134. The van der Waals surface area contributed by atoms with Crippen LogP contribution in [0.2, 0.25) is 0 Å². The Morgan fingerprint density at radius 1 is 1.07 bits per heavy atom. The van der Waals surface area contributed by atoms with E-state index in [1.54, 1.807) is 23.1 Å². The van der Waals surface area contributed by atoms with E-state index in [-0.39, 0.29) is 37.0 Å². The maximum absolute atomic E-state index is 13.3. The summed E-state index contributed by atoms with van der Waals surface area (Å²) in [5, 5.41) is 9.85. The molecule has 1 aliphatic rings. The van der Waals surface area contributed by atoms with Crippen LogP contribution in [0.3, 0.4) is 0 Å². The Balaban J connectivity index is 1.55. The van der Waals surface area contributed by atoms with E-state index in [0.717, 1.165) is 12.8 Å². The summed E-state index contributed by atoms with van der Waals surface area (Å²) in [7, 11) is -1.43. The van der Waals surface area contributed by atoms with Gasteiger partial charge >= 0.3 is 0 Å². The number of benzene rings is 3. The van der Waals surface area contributed by atoms with Crippen LogP contribution in [-0.2, 0) is 27.8 Å².